The molecular formula is C18H22N4O2S. The first-order valence-electron chi connectivity index (χ1n) is 8.28. The summed E-state index contributed by atoms with van der Waals surface area (Å²) in [5.74, 6) is 1.25. The Hall–Kier alpha value is -2.12. The van der Waals surface area contributed by atoms with Crippen LogP contribution in [0.5, 0.6) is 0 Å². The van der Waals surface area contributed by atoms with Gasteiger partial charge in [-0.1, -0.05) is 47.7 Å². The average Bonchev–Trinajstić information content (AvgIpc) is 3.04. The highest BCUT2D eigenvalue weighted by Gasteiger charge is 2.19. The second kappa shape index (κ2) is 8.31. The normalized spacial score (nSPS) is 14.5. The van der Waals surface area contributed by atoms with Crippen molar-refractivity contribution >= 4 is 17.7 Å². The van der Waals surface area contributed by atoms with Crippen molar-refractivity contribution in [2.24, 2.45) is 0 Å². The van der Waals surface area contributed by atoms with Gasteiger partial charge in [-0.3, -0.25) is 9.36 Å². The van der Waals surface area contributed by atoms with E-state index >= 15 is 0 Å². The molecule has 1 aliphatic rings. The monoisotopic (exact) mass is 358 g/mol. The van der Waals surface area contributed by atoms with Gasteiger partial charge in [0.1, 0.15) is 0 Å². The van der Waals surface area contributed by atoms with E-state index in [0.717, 1.165) is 16.5 Å². The van der Waals surface area contributed by atoms with Crippen LogP contribution in [0, 0.1) is 6.92 Å². The van der Waals surface area contributed by atoms with E-state index < -0.39 is 0 Å². The van der Waals surface area contributed by atoms with Gasteiger partial charge >= 0.3 is 0 Å². The fraction of sp³-hybridized carbons (Fsp3) is 0.389. The van der Waals surface area contributed by atoms with Crippen molar-refractivity contribution < 1.29 is 9.53 Å². The molecule has 0 atom stereocenters. The largest absolute Gasteiger partial charge is 0.378 e. The molecule has 2 aromatic rings. The molecule has 1 amide bonds. The summed E-state index contributed by atoms with van der Waals surface area (Å²) >= 11 is 1.42. The van der Waals surface area contributed by atoms with Crippen LogP contribution in [0.3, 0.4) is 0 Å². The highest BCUT2D eigenvalue weighted by molar-refractivity contribution is 7.99. The molecule has 1 aromatic carbocycles. The highest BCUT2D eigenvalue weighted by atomic mass is 32.2. The third-order valence-electron chi connectivity index (χ3n) is 4.03. The van der Waals surface area contributed by atoms with E-state index in [0.29, 0.717) is 38.6 Å². The number of hydrogen-bond donors (Lipinski definition) is 0. The van der Waals surface area contributed by atoms with Gasteiger partial charge in [0.25, 0.3) is 0 Å². The third kappa shape index (κ3) is 4.29. The van der Waals surface area contributed by atoms with Crippen molar-refractivity contribution in [3.05, 3.63) is 42.5 Å². The smallest absolute Gasteiger partial charge is 0.233 e. The Morgan fingerprint density at radius 2 is 2.00 bits per heavy atom. The summed E-state index contributed by atoms with van der Waals surface area (Å²) in [6.07, 6.45) is 1.81. The van der Waals surface area contributed by atoms with Crippen molar-refractivity contribution in [1.82, 2.24) is 19.7 Å². The number of amides is 1. The number of aryl methyl sites for hydroxylation is 1. The number of rotatable bonds is 6. The van der Waals surface area contributed by atoms with Gasteiger partial charge < -0.3 is 9.64 Å². The Kier molecular flexibility index (Phi) is 5.88. The number of carbonyl (C=O) groups is 1. The SMILES string of the molecule is C=CCn1c(SCC(=O)N2CCOCC2)nnc1-c1ccc(C)cc1. The zero-order valence-electron chi connectivity index (χ0n) is 14.4. The number of hydrogen-bond acceptors (Lipinski definition) is 5. The number of aromatic nitrogens is 3. The molecule has 6 nitrogen and oxygen atoms in total. The molecule has 25 heavy (non-hydrogen) atoms. The van der Waals surface area contributed by atoms with E-state index in [1.807, 2.05) is 27.7 Å². The van der Waals surface area contributed by atoms with Gasteiger partial charge in [0, 0.05) is 25.2 Å². The average molecular weight is 358 g/mol. The maximum atomic E-state index is 12.3. The second-order valence-electron chi connectivity index (χ2n) is 5.85. The van der Waals surface area contributed by atoms with E-state index in [1.165, 1.54) is 17.3 Å². The van der Waals surface area contributed by atoms with Crippen LogP contribution in [0.4, 0.5) is 0 Å². The molecule has 132 valence electrons. The minimum absolute atomic E-state index is 0.110. The molecule has 0 aliphatic carbocycles. The Morgan fingerprint density at radius 3 is 2.68 bits per heavy atom. The zero-order chi connectivity index (χ0) is 17.6. The molecule has 1 aromatic heterocycles. The molecule has 0 radical (unpaired) electrons. The van der Waals surface area contributed by atoms with Crippen LogP contribution in [0.1, 0.15) is 5.56 Å². The number of thioether (sulfide) groups is 1. The molecule has 1 fully saturated rings. The first kappa shape index (κ1) is 17.7. The molecule has 0 spiro atoms. The summed E-state index contributed by atoms with van der Waals surface area (Å²) in [4.78, 5) is 14.2. The van der Waals surface area contributed by atoms with Gasteiger partial charge in [-0.05, 0) is 6.92 Å². The first-order valence-corrected chi connectivity index (χ1v) is 9.27. The van der Waals surface area contributed by atoms with E-state index in [-0.39, 0.29) is 5.91 Å². The van der Waals surface area contributed by atoms with Gasteiger partial charge in [-0.2, -0.15) is 0 Å². The predicted molar refractivity (Wildman–Crippen MR) is 98.5 cm³/mol. The minimum atomic E-state index is 0.110. The van der Waals surface area contributed by atoms with Crippen LogP contribution in [-0.2, 0) is 16.1 Å². The summed E-state index contributed by atoms with van der Waals surface area (Å²) in [7, 11) is 0. The van der Waals surface area contributed by atoms with Crippen LogP contribution in [0.2, 0.25) is 0 Å². The number of carbonyl (C=O) groups excluding carboxylic acids is 1. The Balaban J connectivity index is 1.73. The lowest BCUT2D eigenvalue weighted by Gasteiger charge is -2.26. The van der Waals surface area contributed by atoms with Crippen LogP contribution >= 0.6 is 11.8 Å². The van der Waals surface area contributed by atoms with Gasteiger partial charge in [-0.15, -0.1) is 16.8 Å². The number of allylic oxidation sites excluding steroid dienone is 1. The molecule has 3 rings (SSSR count). The number of benzene rings is 1. The van der Waals surface area contributed by atoms with Gasteiger partial charge in [0.2, 0.25) is 5.91 Å². The van der Waals surface area contributed by atoms with E-state index in [2.05, 4.69) is 35.8 Å². The Labute approximate surface area is 151 Å². The maximum absolute atomic E-state index is 12.3. The van der Waals surface area contributed by atoms with Crippen LogP contribution < -0.4 is 0 Å². The minimum Gasteiger partial charge on any atom is -0.378 e. The summed E-state index contributed by atoms with van der Waals surface area (Å²) in [6, 6.07) is 8.17. The molecule has 0 saturated carbocycles. The van der Waals surface area contributed by atoms with Crippen LogP contribution in [0.25, 0.3) is 11.4 Å². The van der Waals surface area contributed by atoms with Gasteiger partial charge in [0.05, 0.1) is 19.0 Å². The Bertz CT molecular complexity index is 736. The van der Waals surface area contributed by atoms with Crippen molar-refractivity contribution in [3.63, 3.8) is 0 Å². The van der Waals surface area contributed by atoms with Crippen molar-refractivity contribution in [2.75, 3.05) is 32.1 Å². The summed E-state index contributed by atoms with van der Waals surface area (Å²) in [5.41, 5.74) is 2.20. The summed E-state index contributed by atoms with van der Waals surface area (Å²) in [6.45, 7) is 9.02. The van der Waals surface area contributed by atoms with Crippen molar-refractivity contribution in [2.45, 2.75) is 18.6 Å². The maximum Gasteiger partial charge on any atom is 0.233 e. The Morgan fingerprint density at radius 1 is 1.28 bits per heavy atom. The van der Waals surface area contributed by atoms with Gasteiger partial charge in [-0.25, -0.2) is 0 Å². The van der Waals surface area contributed by atoms with Crippen LogP contribution in [-0.4, -0.2) is 57.6 Å². The lowest BCUT2D eigenvalue weighted by molar-refractivity contribution is -0.132. The second-order valence-corrected chi connectivity index (χ2v) is 6.80. The van der Waals surface area contributed by atoms with Crippen molar-refractivity contribution in [1.29, 1.82) is 0 Å². The van der Waals surface area contributed by atoms with E-state index in [9.17, 15) is 4.79 Å². The molecule has 0 N–H and O–H groups in total. The summed E-state index contributed by atoms with van der Waals surface area (Å²) < 4.78 is 7.28. The van der Waals surface area contributed by atoms with Crippen molar-refractivity contribution in [3.8, 4) is 11.4 Å². The molecule has 1 saturated heterocycles. The zero-order valence-corrected chi connectivity index (χ0v) is 15.2. The molecular weight excluding hydrogens is 336 g/mol. The van der Waals surface area contributed by atoms with E-state index in [1.54, 1.807) is 0 Å². The lowest BCUT2D eigenvalue weighted by atomic mass is 10.1. The fourth-order valence-corrected chi connectivity index (χ4v) is 3.49. The van der Waals surface area contributed by atoms with Gasteiger partial charge in [0.15, 0.2) is 11.0 Å². The number of ether oxygens (including phenoxy) is 1. The van der Waals surface area contributed by atoms with Crippen LogP contribution in [0.15, 0.2) is 42.1 Å². The quantitative estimate of drug-likeness (QED) is 0.586. The highest BCUT2D eigenvalue weighted by Crippen LogP contribution is 2.24. The molecule has 0 unspecified atom stereocenters. The lowest BCUT2D eigenvalue weighted by Crippen LogP contribution is -2.41. The van der Waals surface area contributed by atoms with E-state index in [4.69, 9.17) is 4.74 Å². The molecule has 0 bridgehead atoms. The third-order valence-corrected chi connectivity index (χ3v) is 4.98. The predicted octanol–water partition coefficient (Wildman–Crippen LogP) is 2.39. The first-order chi connectivity index (χ1) is 12.2. The topological polar surface area (TPSA) is 60.2 Å². The fourth-order valence-electron chi connectivity index (χ4n) is 2.64. The number of morpholine rings is 1. The molecule has 1 aliphatic heterocycles. The number of nitrogens with zero attached hydrogens (tertiary/aromatic N) is 4. The summed E-state index contributed by atoms with van der Waals surface area (Å²) in [5, 5.41) is 9.34. The molecule has 7 heteroatoms. The molecule has 2 heterocycles. The standard InChI is InChI=1S/C18H22N4O2S/c1-3-8-22-17(15-6-4-14(2)5-7-15)19-20-18(22)25-13-16(23)21-9-11-24-12-10-21/h3-7H,1,8-13H2,2H3.